The predicted molar refractivity (Wildman–Crippen MR) is 144 cm³/mol. The molecule has 192 valence electrons. The van der Waals surface area contributed by atoms with Gasteiger partial charge in [-0.3, -0.25) is 20.0 Å². The van der Waals surface area contributed by atoms with E-state index in [4.69, 9.17) is 9.73 Å². The summed E-state index contributed by atoms with van der Waals surface area (Å²) < 4.78 is 7.08. The van der Waals surface area contributed by atoms with Crippen LogP contribution in [0.4, 0.5) is 4.79 Å². The largest absolute Gasteiger partial charge is 0.504 e. The van der Waals surface area contributed by atoms with Gasteiger partial charge in [-0.25, -0.2) is 9.79 Å². The summed E-state index contributed by atoms with van der Waals surface area (Å²) in [5.74, 6) is 0.326. The highest BCUT2D eigenvalue weighted by molar-refractivity contribution is 7.07. The fourth-order valence-corrected chi connectivity index (χ4v) is 6.42. The fourth-order valence-electron chi connectivity index (χ4n) is 5.45. The van der Waals surface area contributed by atoms with Crippen LogP contribution in [0.25, 0.3) is 6.08 Å². The first-order chi connectivity index (χ1) is 18.3. The minimum Gasteiger partial charge on any atom is -0.504 e. The maximum Gasteiger partial charge on any atom is 0.324 e. The lowest BCUT2D eigenvalue weighted by Crippen LogP contribution is -2.67. The second-order valence-corrected chi connectivity index (χ2v) is 10.2. The Morgan fingerprint density at radius 2 is 1.61 bits per heavy atom. The average Bonchev–Trinajstić information content (AvgIpc) is 3.33. The van der Waals surface area contributed by atoms with Crippen molar-refractivity contribution >= 4 is 23.4 Å². The van der Waals surface area contributed by atoms with Gasteiger partial charge in [-0.2, -0.15) is 4.68 Å². The van der Waals surface area contributed by atoms with Crippen LogP contribution in [-0.4, -0.2) is 46.8 Å². The monoisotopic (exact) mass is 527 g/mol. The van der Waals surface area contributed by atoms with Crippen molar-refractivity contribution in [3.8, 4) is 11.5 Å². The average molecular weight is 528 g/mol. The first-order valence-corrected chi connectivity index (χ1v) is 12.8. The molecule has 4 aromatic rings. The molecule has 2 atom stereocenters. The number of likely N-dealkylation sites (N-methyl/N-ethyl adjacent to an activating group) is 2. The number of urea groups is 1. The third-order valence-corrected chi connectivity index (χ3v) is 8.24. The zero-order valence-electron chi connectivity index (χ0n) is 21.0. The van der Waals surface area contributed by atoms with E-state index >= 15 is 0 Å². The maximum atomic E-state index is 13.7. The van der Waals surface area contributed by atoms with Crippen molar-refractivity contribution in [2.45, 2.75) is 11.3 Å². The van der Waals surface area contributed by atoms with Crippen molar-refractivity contribution in [2.75, 3.05) is 26.6 Å². The van der Waals surface area contributed by atoms with E-state index in [0.29, 0.717) is 20.6 Å². The molecule has 2 aliphatic heterocycles. The Morgan fingerprint density at radius 3 is 2.26 bits per heavy atom. The molecule has 0 aliphatic carbocycles. The van der Waals surface area contributed by atoms with Gasteiger partial charge in [0.2, 0.25) is 16.1 Å². The Bertz CT molecular complexity index is 1740. The molecule has 0 saturated carbocycles. The number of rotatable bonds is 4. The van der Waals surface area contributed by atoms with E-state index in [1.54, 1.807) is 42.1 Å². The summed E-state index contributed by atoms with van der Waals surface area (Å²) in [6.07, 6.45) is 1.73. The van der Waals surface area contributed by atoms with E-state index in [1.807, 2.05) is 60.7 Å². The molecule has 1 aromatic heterocycles. The van der Waals surface area contributed by atoms with E-state index < -0.39 is 11.3 Å². The number of methoxy groups -OCH3 is 1. The summed E-state index contributed by atoms with van der Waals surface area (Å²) in [5, 5.41) is 9.96. The molecule has 3 aromatic carbocycles. The fraction of sp³-hybridized carbons (Fsp3) is 0.179. The molecule has 0 bridgehead atoms. The zero-order valence-corrected chi connectivity index (χ0v) is 21.8. The summed E-state index contributed by atoms with van der Waals surface area (Å²) >= 11 is 1.22. The maximum absolute atomic E-state index is 13.7. The number of carbonyl (C=O) groups is 1. The van der Waals surface area contributed by atoms with Gasteiger partial charge in [0.05, 0.1) is 11.6 Å². The van der Waals surface area contributed by atoms with Crippen molar-refractivity contribution in [3.63, 3.8) is 0 Å². The number of ether oxygens (including phenoxy) is 1. The van der Waals surface area contributed by atoms with Crippen molar-refractivity contribution in [3.05, 3.63) is 115 Å². The highest BCUT2D eigenvalue weighted by Crippen LogP contribution is 2.53. The molecule has 2 amide bonds. The van der Waals surface area contributed by atoms with Gasteiger partial charge in [0.1, 0.15) is 0 Å². The number of aromatic hydroxyl groups is 1. The van der Waals surface area contributed by atoms with Gasteiger partial charge in [-0.1, -0.05) is 78.1 Å². The van der Waals surface area contributed by atoms with Gasteiger partial charge in [0.25, 0.3) is 5.56 Å². The van der Waals surface area contributed by atoms with Crippen molar-refractivity contribution < 1.29 is 14.6 Å². The Balaban J connectivity index is 1.67. The molecular formula is C28H25N5O4S. The van der Waals surface area contributed by atoms with Gasteiger partial charge in [0.15, 0.2) is 11.5 Å². The van der Waals surface area contributed by atoms with Crippen molar-refractivity contribution in [1.82, 2.24) is 14.5 Å². The molecule has 6 rings (SSSR count). The van der Waals surface area contributed by atoms with Crippen LogP contribution in [0.2, 0.25) is 0 Å². The van der Waals surface area contributed by atoms with Crippen LogP contribution in [0, 0.1) is 0 Å². The summed E-state index contributed by atoms with van der Waals surface area (Å²) in [4.78, 5) is 36.2. The smallest absolute Gasteiger partial charge is 0.324 e. The van der Waals surface area contributed by atoms with Gasteiger partial charge in [-0.05, 0) is 23.8 Å². The van der Waals surface area contributed by atoms with Gasteiger partial charge >= 0.3 is 6.03 Å². The first-order valence-electron chi connectivity index (χ1n) is 11.9. The third-order valence-electron chi connectivity index (χ3n) is 7.27. The van der Waals surface area contributed by atoms with E-state index in [0.717, 1.165) is 11.1 Å². The molecular weight excluding hydrogens is 502 g/mol. The Kier molecular flexibility index (Phi) is 5.32. The summed E-state index contributed by atoms with van der Waals surface area (Å²) in [6.45, 7) is 0. The number of nitrogens with one attached hydrogen (secondary N) is 1. The minimum atomic E-state index is -1.22. The van der Waals surface area contributed by atoms with E-state index in [9.17, 15) is 14.7 Å². The molecule has 38 heavy (non-hydrogen) atoms. The highest BCUT2D eigenvalue weighted by atomic mass is 32.1. The standard InChI is InChI=1S/C28H25N5O4S/c1-31-26(36)32(2)28(20-12-8-5-9-13-20)27(31,19-10-6-4-7-11-19)29-25-33(30-28)24(35)23(38-25)17-18-14-15-21(34)22(16-18)37-3/h4-17,30,34H,1-3H3/b23-17-/t27-,28-/m1/s1. The van der Waals surface area contributed by atoms with E-state index in [2.05, 4.69) is 5.43 Å². The molecule has 3 heterocycles. The first kappa shape index (κ1) is 23.8. The Hall–Kier alpha value is -4.57. The molecule has 2 aliphatic rings. The molecule has 0 spiro atoms. The van der Waals surface area contributed by atoms with Crippen molar-refractivity contribution in [2.24, 2.45) is 4.99 Å². The molecule has 0 unspecified atom stereocenters. The number of thiazole rings is 1. The van der Waals surface area contributed by atoms with Crippen LogP contribution in [0.3, 0.4) is 0 Å². The normalized spacial score (nSPS) is 22.5. The van der Waals surface area contributed by atoms with Crippen LogP contribution in [0.5, 0.6) is 11.5 Å². The van der Waals surface area contributed by atoms with Gasteiger partial charge in [-0.15, -0.1) is 0 Å². The second kappa shape index (κ2) is 8.49. The van der Waals surface area contributed by atoms with E-state index in [-0.39, 0.29) is 17.3 Å². The van der Waals surface area contributed by atoms with Crippen LogP contribution in [0.15, 0.2) is 88.6 Å². The second-order valence-electron chi connectivity index (χ2n) is 9.20. The number of carbonyl (C=O) groups excluding carboxylic acids is 1. The Morgan fingerprint density at radius 1 is 0.947 bits per heavy atom. The summed E-state index contributed by atoms with van der Waals surface area (Å²) in [7, 11) is 4.93. The number of benzene rings is 3. The quantitative estimate of drug-likeness (QED) is 0.425. The number of nitrogens with zero attached hydrogens (tertiary/aromatic N) is 4. The molecule has 9 nitrogen and oxygen atoms in total. The molecule has 0 radical (unpaired) electrons. The third kappa shape index (κ3) is 3.07. The number of aromatic nitrogens is 1. The molecule has 2 N–H and O–H groups in total. The van der Waals surface area contributed by atoms with Gasteiger partial charge < -0.3 is 9.84 Å². The number of amides is 2. The van der Waals surface area contributed by atoms with Crippen LogP contribution < -0.4 is 25.1 Å². The predicted octanol–water partition coefficient (Wildman–Crippen LogP) is 2.33. The Labute approximate surface area is 222 Å². The number of hydrogen-bond donors (Lipinski definition) is 2. The number of phenolic OH excluding ortho intramolecular Hbond substituents is 1. The SMILES string of the molecule is COc1cc(/C=c2\sc3n(c2=O)N[C@]2(c4ccccc4)N(C)C(=O)N(C)[C@@]2(c2ccccc2)N=3)ccc1O. The van der Waals surface area contributed by atoms with Crippen molar-refractivity contribution in [1.29, 1.82) is 0 Å². The van der Waals surface area contributed by atoms with Crippen LogP contribution in [-0.2, 0) is 11.3 Å². The highest BCUT2D eigenvalue weighted by Gasteiger charge is 2.69. The lowest BCUT2D eigenvalue weighted by molar-refractivity contribution is 0.0648. The number of phenols is 1. The lowest BCUT2D eigenvalue weighted by Gasteiger charge is -2.49. The lowest BCUT2D eigenvalue weighted by atomic mass is 9.80. The number of hydrogen-bond acceptors (Lipinski definition) is 7. The van der Waals surface area contributed by atoms with E-state index in [1.165, 1.54) is 29.2 Å². The minimum absolute atomic E-state index is 0.0154. The molecule has 1 fully saturated rings. The van der Waals surface area contributed by atoms with Crippen LogP contribution >= 0.6 is 11.3 Å². The summed E-state index contributed by atoms with van der Waals surface area (Å²) in [6, 6.07) is 23.9. The summed E-state index contributed by atoms with van der Waals surface area (Å²) in [5.41, 5.74) is 2.99. The molecule has 10 heteroatoms. The molecule has 1 saturated heterocycles. The zero-order chi connectivity index (χ0) is 26.7. The topological polar surface area (TPSA) is 99.4 Å². The van der Waals surface area contributed by atoms with Crippen LogP contribution in [0.1, 0.15) is 16.7 Å². The van der Waals surface area contributed by atoms with Gasteiger partial charge in [0, 0.05) is 25.2 Å². The number of fused-ring (bicyclic) bond motifs is 2.